The van der Waals surface area contributed by atoms with Crippen molar-refractivity contribution in [2.24, 2.45) is 0 Å². The van der Waals surface area contributed by atoms with Gasteiger partial charge in [0.15, 0.2) is 22.9 Å². The summed E-state index contributed by atoms with van der Waals surface area (Å²) in [6.07, 6.45) is -2.43. The van der Waals surface area contributed by atoms with Crippen molar-refractivity contribution in [1.29, 1.82) is 0 Å². The summed E-state index contributed by atoms with van der Waals surface area (Å²) in [4.78, 5) is 18.8. The number of rotatable bonds is 6. The van der Waals surface area contributed by atoms with Crippen molar-refractivity contribution >= 4 is 44.6 Å². The van der Waals surface area contributed by atoms with E-state index in [1.54, 1.807) is 30.5 Å². The third-order valence-corrected chi connectivity index (χ3v) is 7.28. The van der Waals surface area contributed by atoms with E-state index in [9.17, 15) is 22.4 Å². The fourth-order valence-electron chi connectivity index (χ4n) is 3.65. The van der Waals surface area contributed by atoms with Crippen LogP contribution in [0.1, 0.15) is 33.5 Å². The predicted octanol–water partition coefficient (Wildman–Crippen LogP) is 6.44. The summed E-state index contributed by atoms with van der Waals surface area (Å²) in [5, 5.41) is 10.6. The van der Waals surface area contributed by atoms with Crippen molar-refractivity contribution in [2.75, 3.05) is 5.32 Å². The van der Waals surface area contributed by atoms with Gasteiger partial charge in [0.25, 0.3) is 5.91 Å². The Labute approximate surface area is 219 Å². The molecule has 13 heteroatoms. The van der Waals surface area contributed by atoms with Gasteiger partial charge in [0.05, 0.1) is 21.6 Å². The molecule has 1 aromatic carbocycles. The molecule has 5 rings (SSSR count). The summed E-state index contributed by atoms with van der Waals surface area (Å²) in [7, 11) is 0. The van der Waals surface area contributed by atoms with E-state index in [2.05, 4.69) is 36.4 Å². The molecule has 37 heavy (non-hydrogen) atoms. The maximum atomic E-state index is 14.0. The zero-order valence-corrected chi connectivity index (χ0v) is 21.5. The summed E-state index contributed by atoms with van der Waals surface area (Å²) in [6, 6.07) is 11.9. The van der Waals surface area contributed by atoms with Gasteiger partial charge >= 0.3 is 6.18 Å². The van der Waals surface area contributed by atoms with Crippen LogP contribution in [-0.2, 0) is 19.1 Å². The SMILES string of the molecule is CCc1ccc(-c2cc(C(F)(F)F)n3nc(C(=O)Nc4nn(Cc5ccccc5F)cc4Br)cc3n2)s1. The number of alkyl halides is 3. The number of amides is 1. The third-order valence-electron chi connectivity index (χ3n) is 5.45. The van der Waals surface area contributed by atoms with Crippen molar-refractivity contribution < 1.29 is 22.4 Å². The minimum Gasteiger partial charge on any atom is -0.303 e. The Hall–Kier alpha value is -3.58. The molecule has 1 amide bonds. The molecule has 190 valence electrons. The van der Waals surface area contributed by atoms with Crippen molar-refractivity contribution in [3.8, 4) is 10.6 Å². The predicted molar refractivity (Wildman–Crippen MR) is 134 cm³/mol. The number of hydrogen-bond donors (Lipinski definition) is 1. The molecule has 4 heterocycles. The summed E-state index contributed by atoms with van der Waals surface area (Å²) in [6.45, 7) is 2.07. The molecule has 4 aromatic heterocycles. The van der Waals surface area contributed by atoms with Crippen LogP contribution < -0.4 is 5.32 Å². The molecular formula is C24H17BrF4N6OS. The van der Waals surface area contributed by atoms with Gasteiger partial charge in [0, 0.05) is 22.7 Å². The van der Waals surface area contributed by atoms with Crippen molar-refractivity contribution in [3.63, 3.8) is 0 Å². The molecule has 7 nitrogen and oxygen atoms in total. The smallest absolute Gasteiger partial charge is 0.303 e. The molecule has 0 fully saturated rings. The van der Waals surface area contributed by atoms with Crippen molar-refractivity contribution in [2.45, 2.75) is 26.1 Å². The number of halogens is 5. The lowest BCUT2D eigenvalue weighted by Crippen LogP contribution is -2.16. The first-order chi connectivity index (χ1) is 17.6. The first-order valence-electron chi connectivity index (χ1n) is 11.0. The Morgan fingerprint density at radius 2 is 1.92 bits per heavy atom. The average molecular weight is 593 g/mol. The molecule has 0 radical (unpaired) electrons. The highest BCUT2D eigenvalue weighted by molar-refractivity contribution is 9.10. The van der Waals surface area contributed by atoms with E-state index in [0.717, 1.165) is 17.4 Å². The minimum absolute atomic E-state index is 0.105. The van der Waals surface area contributed by atoms with Crippen molar-refractivity contribution in [1.82, 2.24) is 24.4 Å². The maximum Gasteiger partial charge on any atom is 0.433 e. The number of carbonyl (C=O) groups is 1. The second-order valence-electron chi connectivity index (χ2n) is 8.01. The molecule has 0 saturated heterocycles. The van der Waals surface area contributed by atoms with Gasteiger partial charge in [-0.1, -0.05) is 25.1 Å². The van der Waals surface area contributed by atoms with Gasteiger partial charge < -0.3 is 5.32 Å². The van der Waals surface area contributed by atoms with Crippen LogP contribution in [0.3, 0.4) is 0 Å². The summed E-state index contributed by atoms with van der Waals surface area (Å²) >= 11 is 4.64. The van der Waals surface area contributed by atoms with E-state index in [0.29, 0.717) is 19.4 Å². The molecular weight excluding hydrogens is 576 g/mol. The fraction of sp³-hybridized carbons (Fsp3) is 0.167. The van der Waals surface area contributed by atoms with Gasteiger partial charge in [0.2, 0.25) is 0 Å². The van der Waals surface area contributed by atoms with Gasteiger partial charge in [0.1, 0.15) is 5.82 Å². The lowest BCUT2D eigenvalue weighted by molar-refractivity contribution is -0.142. The highest BCUT2D eigenvalue weighted by Crippen LogP contribution is 2.34. The van der Waals surface area contributed by atoms with E-state index in [4.69, 9.17) is 0 Å². The number of hydrogen-bond acceptors (Lipinski definition) is 5. The standard InChI is InChI=1S/C24H17BrF4N6OS/c1-2-14-7-8-19(37-14)17-9-20(24(27,28)29)35-21(30-17)10-18(32-35)23(36)31-22-15(25)12-34(33-22)11-13-5-3-4-6-16(13)26/h3-10,12H,2,11H2,1H3,(H,31,33,36). The largest absolute Gasteiger partial charge is 0.433 e. The quantitative estimate of drug-likeness (QED) is 0.230. The Bertz CT molecular complexity index is 1620. The number of nitrogens with one attached hydrogen (secondary N) is 1. The number of nitrogens with zero attached hydrogens (tertiary/aromatic N) is 5. The number of carbonyl (C=O) groups excluding carboxylic acids is 1. The molecule has 0 aliphatic rings. The van der Waals surface area contributed by atoms with E-state index < -0.39 is 23.6 Å². The molecule has 0 saturated carbocycles. The summed E-state index contributed by atoms with van der Waals surface area (Å²) in [5.41, 5.74) is -0.898. The van der Waals surface area contributed by atoms with Crippen LogP contribution >= 0.6 is 27.3 Å². The average Bonchev–Trinajstić information content (AvgIpc) is 3.58. The normalized spacial score (nSPS) is 11.8. The van der Waals surface area contributed by atoms with E-state index in [-0.39, 0.29) is 29.4 Å². The van der Waals surface area contributed by atoms with Gasteiger partial charge in [-0.05, 0) is 46.6 Å². The van der Waals surface area contributed by atoms with Crippen LogP contribution in [0.5, 0.6) is 0 Å². The van der Waals surface area contributed by atoms with Crippen LogP contribution in [0.15, 0.2) is 59.2 Å². The first-order valence-corrected chi connectivity index (χ1v) is 12.6. The highest BCUT2D eigenvalue weighted by Gasteiger charge is 2.36. The lowest BCUT2D eigenvalue weighted by atomic mass is 10.2. The van der Waals surface area contributed by atoms with Crippen LogP contribution in [-0.4, -0.2) is 30.3 Å². The van der Waals surface area contributed by atoms with Gasteiger partial charge in [-0.25, -0.2) is 13.9 Å². The summed E-state index contributed by atoms with van der Waals surface area (Å²) in [5.74, 6) is -1.07. The van der Waals surface area contributed by atoms with E-state index in [1.165, 1.54) is 28.2 Å². The first kappa shape index (κ1) is 25.1. The molecule has 0 unspecified atom stereocenters. The Morgan fingerprint density at radius 1 is 1.14 bits per heavy atom. The Morgan fingerprint density at radius 3 is 2.62 bits per heavy atom. The number of benzene rings is 1. The monoisotopic (exact) mass is 592 g/mol. The number of fused-ring (bicyclic) bond motifs is 1. The van der Waals surface area contributed by atoms with Crippen LogP contribution in [0.25, 0.3) is 16.2 Å². The molecule has 0 bridgehead atoms. The van der Waals surface area contributed by atoms with Crippen LogP contribution in [0, 0.1) is 5.82 Å². The molecule has 0 spiro atoms. The second-order valence-corrected chi connectivity index (χ2v) is 10.0. The van der Waals surface area contributed by atoms with E-state index in [1.807, 2.05) is 13.0 Å². The molecule has 5 aromatic rings. The van der Waals surface area contributed by atoms with E-state index >= 15 is 0 Å². The van der Waals surface area contributed by atoms with Gasteiger partial charge in [-0.2, -0.15) is 23.4 Å². The Kier molecular flexibility index (Phi) is 6.58. The Balaban J connectivity index is 1.45. The maximum absolute atomic E-state index is 14.0. The zero-order chi connectivity index (χ0) is 26.3. The van der Waals surface area contributed by atoms with Crippen LogP contribution in [0.4, 0.5) is 23.4 Å². The van der Waals surface area contributed by atoms with Gasteiger partial charge in [-0.15, -0.1) is 11.3 Å². The minimum atomic E-state index is -4.73. The molecule has 0 atom stereocenters. The number of thiophene rings is 1. The molecule has 0 aliphatic carbocycles. The lowest BCUT2D eigenvalue weighted by Gasteiger charge is -2.10. The topological polar surface area (TPSA) is 77.1 Å². The number of aryl methyl sites for hydroxylation is 1. The number of aromatic nitrogens is 5. The van der Waals surface area contributed by atoms with Gasteiger partial charge in [-0.3, -0.25) is 9.48 Å². The molecule has 0 aliphatic heterocycles. The van der Waals surface area contributed by atoms with Crippen molar-refractivity contribution in [3.05, 3.63) is 86.8 Å². The molecule has 1 N–H and O–H groups in total. The summed E-state index contributed by atoms with van der Waals surface area (Å²) < 4.78 is 58.0. The van der Waals surface area contributed by atoms with Crippen LogP contribution in [0.2, 0.25) is 0 Å². The fourth-order valence-corrected chi connectivity index (χ4v) is 4.98. The zero-order valence-electron chi connectivity index (χ0n) is 19.1. The second kappa shape index (κ2) is 9.71. The third kappa shape index (κ3) is 5.14. The highest BCUT2D eigenvalue weighted by atomic mass is 79.9. The number of anilines is 1.